The van der Waals surface area contributed by atoms with Gasteiger partial charge in [0, 0.05) is 35.7 Å². The van der Waals surface area contributed by atoms with Crippen molar-refractivity contribution in [1.82, 2.24) is 31.1 Å². The first kappa shape index (κ1) is 59.9. The highest BCUT2D eigenvalue weighted by molar-refractivity contribution is 8.02. The molecule has 382 valence electrons. The first-order chi connectivity index (χ1) is 31.6. The lowest BCUT2D eigenvalue weighted by atomic mass is 9.96. The van der Waals surface area contributed by atoms with E-state index in [4.69, 9.17) is 9.47 Å². The van der Waals surface area contributed by atoms with Gasteiger partial charge < -0.3 is 72.7 Å². The molecule has 0 spiro atoms. The van der Waals surface area contributed by atoms with E-state index in [1.54, 1.807) is 76.2 Å². The van der Waals surface area contributed by atoms with E-state index in [1.807, 2.05) is 24.3 Å². The molecule has 0 radical (unpaired) electrons. The third-order valence-corrected chi connectivity index (χ3v) is 14.2. The molecular weight excluding hydrogens is 949 g/mol. The summed E-state index contributed by atoms with van der Waals surface area (Å²) in [7, 11) is 0. The standard InChI is InChI=1S/2C16H18N2O5S.C16H20N2.4H2O/c2*1-16(2)12(15(21)22)18-13(20)11(14(18)24-16)17-10(19)8-23-9-6-4-3-5-7-9;1-3-7-15(8-4-1)13-17-11-12-18-14-16-9-5-2-6-10-16;;;;/h2*3-7,11-12,14H,8H2,1-2H3,(H,17,19)(H,21,22);1-10,17-18H,11-14H2;4*1H2/t2*11-,12+,14-;;;;;/m11...../s1. The minimum atomic E-state index is -1.03. The number of fused-ring (bicyclic) bond motifs is 2. The zero-order chi connectivity index (χ0) is 47.4. The summed E-state index contributed by atoms with van der Waals surface area (Å²) in [5.74, 6) is -2.46. The van der Waals surface area contributed by atoms with Gasteiger partial charge in [0.05, 0.1) is 0 Å². The zero-order valence-corrected chi connectivity index (χ0v) is 40.8. The van der Waals surface area contributed by atoms with E-state index in [9.17, 15) is 39.0 Å². The molecule has 0 unspecified atom stereocenters. The van der Waals surface area contributed by atoms with Gasteiger partial charge >= 0.3 is 11.9 Å². The van der Waals surface area contributed by atoms with Crippen LogP contribution in [0.4, 0.5) is 0 Å². The Hall–Kier alpha value is -6.24. The number of hydrogen-bond acceptors (Lipinski definition) is 12. The number of amides is 4. The summed E-state index contributed by atoms with van der Waals surface area (Å²) in [6, 6.07) is 35.6. The minimum Gasteiger partial charge on any atom is -0.484 e. The number of aliphatic carboxylic acids is 2. The molecule has 70 heavy (non-hydrogen) atoms. The fourth-order valence-corrected chi connectivity index (χ4v) is 11.1. The fourth-order valence-electron chi connectivity index (χ4n) is 7.89. The Morgan fingerprint density at radius 2 is 0.829 bits per heavy atom. The molecule has 0 bridgehead atoms. The lowest BCUT2D eigenvalue weighted by Gasteiger charge is -2.43. The number of para-hydroxylation sites is 2. The number of thioether (sulfide) groups is 2. The highest BCUT2D eigenvalue weighted by atomic mass is 32.2. The number of carbonyl (C=O) groups is 6. The summed E-state index contributed by atoms with van der Waals surface area (Å²) in [5.41, 5.74) is 2.67. The van der Waals surface area contributed by atoms with Crippen LogP contribution < -0.4 is 30.7 Å². The van der Waals surface area contributed by atoms with Crippen molar-refractivity contribution < 1.29 is 70.4 Å². The molecule has 20 nitrogen and oxygen atoms in total. The summed E-state index contributed by atoms with van der Waals surface area (Å²) in [4.78, 5) is 74.0. The molecule has 4 aromatic rings. The Bertz CT molecular complexity index is 2140. The third kappa shape index (κ3) is 15.1. The maximum absolute atomic E-state index is 12.2. The number of hydrogen-bond donors (Lipinski definition) is 6. The molecule has 0 aliphatic carbocycles. The molecule has 4 heterocycles. The quantitative estimate of drug-likeness (QED) is 0.0626. The maximum atomic E-state index is 12.2. The molecule has 4 aliphatic heterocycles. The van der Waals surface area contributed by atoms with Crippen molar-refractivity contribution in [3.8, 4) is 11.5 Å². The molecule has 8 rings (SSSR count). The molecule has 4 aromatic carbocycles. The van der Waals surface area contributed by atoms with E-state index in [0.717, 1.165) is 26.2 Å². The zero-order valence-electron chi connectivity index (χ0n) is 39.1. The van der Waals surface area contributed by atoms with E-state index in [-0.39, 0.29) is 57.7 Å². The Labute approximate surface area is 414 Å². The van der Waals surface area contributed by atoms with Gasteiger partial charge in [0.25, 0.3) is 11.8 Å². The van der Waals surface area contributed by atoms with Crippen molar-refractivity contribution >= 4 is 59.1 Å². The molecule has 4 saturated heterocycles. The molecule has 4 aliphatic rings. The van der Waals surface area contributed by atoms with Crippen LogP contribution in [0.3, 0.4) is 0 Å². The average molecular weight is 1010 g/mol. The van der Waals surface area contributed by atoms with Crippen LogP contribution in [-0.4, -0.2) is 148 Å². The van der Waals surface area contributed by atoms with Gasteiger partial charge in [-0.05, 0) is 63.1 Å². The highest BCUT2D eigenvalue weighted by Crippen LogP contribution is 2.51. The number of carboxylic acids is 2. The first-order valence-electron chi connectivity index (χ1n) is 21.5. The van der Waals surface area contributed by atoms with Crippen molar-refractivity contribution in [2.24, 2.45) is 0 Å². The van der Waals surface area contributed by atoms with E-state index < -0.39 is 57.4 Å². The first-order valence-corrected chi connectivity index (χ1v) is 23.2. The largest absolute Gasteiger partial charge is 0.484 e. The Kier molecular flexibility index (Phi) is 23.3. The van der Waals surface area contributed by atoms with Gasteiger partial charge in [-0.25, -0.2) is 9.59 Å². The molecule has 4 fully saturated rings. The Morgan fingerprint density at radius 1 is 0.529 bits per heavy atom. The number of carboxylic acid groups (broad SMARTS) is 2. The molecular formula is C48H64N6O14S2. The van der Waals surface area contributed by atoms with E-state index in [0.29, 0.717) is 11.5 Å². The summed E-state index contributed by atoms with van der Waals surface area (Å²) < 4.78 is 9.48. The van der Waals surface area contributed by atoms with Crippen molar-refractivity contribution in [2.45, 2.75) is 85.2 Å². The van der Waals surface area contributed by atoms with Gasteiger partial charge in [-0.15, -0.1) is 23.5 Å². The number of ether oxygens (including phenoxy) is 2. The van der Waals surface area contributed by atoms with Crippen LogP contribution in [0.2, 0.25) is 0 Å². The van der Waals surface area contributed by atoms with Crippen molar-refractivity contribution in [3.63, 3.8) is 0 Å². The Morgan fingerprint density at radius 3 is 1.13 bits per heavy atom. The average Bonchev–Trinajstić information content (AvgIpc) is 3.73. The van der Waals surface area contributed by atoms with E-state index in [1.165, 1.54) is 44.5 Å². The smallest absolute Gasteiger partial charge is 0.327 e. The van der Waals surface area contributed by atoms with Crippen LogP contribution in [0.25, 0.3) is 0 Å². The number of benzene rings is 4. The van der Waals surface area contributed by atoms with Crippen LogP contribution in [0.1, 0.15) is 38.8 Å². The summed E-state index contributed by atoms with van der Waals surface area (Å²) >= 11 is 2.78. The molecule has 0 aromatic heterocycles. The second-order valence-corrected chi connectivity index (χ2v) is 20.4. The third-order valence-electron chi connectivity index (χ3n) is 11.0. The van der Waals surface area contributed by atoms with Crippen molar-refractivity contribution in [2.75, 3.05) is 26.3 Å². The monoisotopic (exact) mass is 1010 g/mol. The predicted octanol–water partition coefficient (Wildman–Crippen LogP) is 0.661. The van der Waals surface area contributed by atoms with E-state index in [2.05, 4.69) is 69.8 Å². The van der Waals surface area contributed by atoms with E-state index >= 15 is 0 Å². The minimum absolute atomic E-state index is 0. The number of carbonyl (C=O) groups excluding carboxylic acids is 4. The second kappa shape index (κ2) is 27.2. The topological polar surface area (TPSA) is 342 Å². The van der Waals surface area contributed by atoms with Crippen LogP contribution in [0, 0.1) is 0 Å². The molecule has 0 saturated carbocycles. The predicted molar refractivity (Wildman–Crippen MR) is 266 cm³/mol. The van der Waals surface area contributed by atoms with Gasteiger partial charge in [0.2, 0.25) is 11.8 Å². The lowest BCUT2D eigenvalue weighted by molar-refractivity contribution is -0.161. The lowest BCUT2D eigenvalue weighted by Crippen LogP contribution is -2.70. The van der Waals surface area contributed by atoms with Gasteiger partial charge in [-0.1, -0.05) is 97.1 Å². The number of β-lactam (4-membered cyclic amide) rings is 2. The van der Waals surface area contributed by atoms with Crippen LogP contribution in [0.5, 0.6) is 11.5 Å². The number of rotatable bonds is 17. The SMILES string of the molecule is CC1(C)S[C@@H]2[C@H](NC(=O)COc3ccccc3)C(=O)N2[C@H]1C(=O)O.CC1(C)S[C@@H]2[C@H](NC(=O)COc3ccccc3)C(=O)N2[C@H]1C(=O)O.O.O.O.O.c1ccc(CNCCNCc2ccccc2)cc1. The number of nitrogens with one attached hydrogen (secondary N) is 4. The molecule has 22 heteroatoms. The second-order valence-electron chi connectivity index (χ2n) is 16.8. The molecule has 6 atom stereocenters. The van der Waals surface area contributed by atoms with Gasteiger partial charge in [0.1, 0.15) is 46.4 Å². The van der Waals surface area contributed by atoms with Crippen LogP contribution in [-0.2, 0) is 41.9 Å². The fraction of sp³-hybridized carbons (Fsp3) is 0.375. The van der Waals surface area contributed by atoms with Crippen molar-refractivity contribution in [3.05, 3.63) is 132 Å². The Balaban J connectivity index is 0.000000354. The maximum Gasteiger partial charge on any atom is 0.327 e. The normalized spacial score (nSPS) is 21.3. The molecule has 4 amide bonds. The summed E-state index contributed by atoms with van der Waals surface area (Å²) in [6.07, 6.45) is 0. The number of nitrogens with zero attached hydrogens (tertiary/aromatic N) is 2. The van der Waals surface area contributed by atoms with Crippen molar-refractivity contribution in [1.29, 1.82) is 0 Å². The summed E-state index contributed by atoms with van der Waals surface area (Å²) in [5, 5.41) is 30.1. The van der Waals surface area contributed by atoms with Gasteiger partial charge in [0.15, 0.2) is 13.2 Å². The van der Waals surface area contributed by atoms with Crippen LogP contribution >= 0.6 is 23.5 Å². The van der Waals surface area contributed by atoms with Crippen LogP contribution in [0.15, 0.2) is 121 Å². The summed E-state index contributed by atoms with van der Waals surface area (Å²) in [6.45, 7) is 10.6. The van der Waals surface area contributed by atoms with Gasteiger partial charge in [-0.3, -0.25) is 19.2 Å². The molecule has 14 N–H and O–H groups in total. The highest BCUT2D eigenvalue weighted by Gasteiger charge is 2.65. The van der Waals surface area contributed by atoms with Gasteiger partial charge in [-0.2, -0.15) is 0 Å².